The van der Waals surface area contributed by atoms with Crippen molar-refractivity contribution >= 4 is 38.3 Å². The summed E-state index contributed by atoms with van der Waals surface area (Å²) in [6, 6.07) is 3.50. The summed E-state index contributed by atoms with van der Waals surface area (Å²) in [5.74, 6) is -0.571. The molecular formula is C11H13BrN2O5S. The number of carbonyl (C=O) groups excluding carboxylic acids is 1. The van der Waals surface area contributed by atoms with Gasteiger partial charge in [0.15, 0.2) is 0 Å². The minimum atomic E-state index is -3.37. The molecule has 0 atom stereocenters. The van der Waals surface area contributed by atoms with Gasteiger partial charge in [-0.3, -0.25) is 24.0 Å². The lowest BCUT2D eigenvalue weighted by Crippen LogP contribution is -2.28. The van der Waals surface area contributed by atoms with Crippen LogP contribution >= 0.6 is 26.7 Å². The van der Waals surface area contributed by atoms with Gasteiger partial charge in [0.2, 0.25) is 0 Å². The number of nitro groups is 1. The average Bonchev–Trinajstić information content (AvgIpc) is 2.59. The predicted octanol–water partition coefficient (Wildman–Crippen LogP) is 3.25. The van der Waals surface area contributed by atoms with E-state index in [1.54, 1.807) is 0 Å². The number of rotatable bonds is 5. The Morgan fingerprint density at radius 1 is 1.35 bits per heavy atom. The summed E-state index contributed by atoms with van der Waals surface area (Å²) in [5.41, 5.74) is -0.243. The first-order valence-electron chi connectivity index (χ1n) is 5.84. The number of nitro benzene ring substituents is 1. The van der Waals surface area contributed by atoms with Crippen LogP contribution in [-0.2, 0) is 0 Å². The molecule has 0 saturated heterocycles. The zero-order chi connectivity index (χ0) is 14.9. The molecule has 1 aliphatic heterocycles. The largest absolute Gasteiger partial charge is 0.277 e. The van der Waals surface area contributed by atoms with Gasteiger partial charge in [0, 0.05) is 24.0 Å². The lowest BCUT2D eigenvalue weighted by molar-refractivity contribution is -0.384. The maximum atomic E-state index is 12.2. The maximum Gasteiger partial charge on any atom is 0.274 e. The fraction of sp³-hybridized carbons (Fsp3) is 0.364. The van der Waals surface area contributed by atoms with E-state index in [1.807, 2.05) is 0 Å². The summed E-state index contributed by atoms with van der Waals surface area (Å²) in [4.78, 5) is 22.3. The second-order valence-corrected chi connectivity index (χ2v) is 6.97. The fourth-order valence-electron chi connectivity index (χ4n) is 1.98. The molecule has 1 amide bonds. The van der Waals surface area contributed by atoms with E-state index >= 15 is 0 Å². The molecular weight excluding hydrogens is 352 g/mol. The summed E-state index contributed by atoms with van der Waals surface area (Å²) >= 11 is 3.26. The second-order valence-electron chi connectivity index (χ2n) is 4.26. The lowest BCUT2D eigenvalue weighted by atomic mass is 10.2. The van der Waals surface area contributed by atoms with Crippen molar-refractivity contribution in [1.29, 1.82) is 0 Å². The maximum absolute atomic E-state index is 12.2. The minimum absolute atomic E-state index is 0.00181. The standard InChI is InChI=1S/C11H13BrN2O5S/c12-5-1-2-6-13-11(15)9-7-8(14(16)17)3-4-10(9)20(13,18)19/h3-4,7,18-19H,1-2,5-6H2. The van der Waals surface area contributed by atoms with E-state index in [0.717, 1.165) is 22.1 Å². The molecule has 9 heteroatoms. The van der Waals surface area contributed by atoms with Crippen molar-refractivity contribution in [2.45, 2.75) is 17.7 Å². The van der Waals surface area contributed by atoms with Crippen LogP contribution in [0.4, 0.5) is 5.69 Å². The van der Waals surface area contributed by atoms with Gasteiger partial charge in [0.1, 0.15) is 0 Å². The van der Waals surface area contributed by atoms with Crippen molar-refractivity contribution in [2.75, 3.05) is 11.9 Å². The van der Waals surface area contributed by atoms with Gasteiger partial charge < -0.3 is 0 Å². The molecule has 0 unspecified atom stereocenters. The quantitative estimate of drug-likeness (QED) is 0.361. The first-order valence-corrected chi connectivity index (χ1v) is 8.47. The van der Waals surface area contributed by atoms with Gasteiger partial charge in [-0.2, -0.15) is 0 Å². The highest BCUT2D eigenvalue weighted by Gasteiger charge is 2.41. The molecule has 1 aliphatic rings. The third kappa shape index (κ3) is 2.53. The van der Waals surface area contributed by atoms with Crippen LogP contribution in [0.2, 0.25) is 0 Å². The molecule has 1 aromatic rings. The normalized spacial score (nSPS) is 17.9. The lowest BCUT2D eigenvalue weighted by Gasteiger charge is -2.36. The molecule has 0 aliphatic carbocycles. The van der Waals surface area contributed by atoms with E-state index < -0.39 is 21.6 Å². The van der Waals surface area contributed by atoms with E-state index in [0.29, 0.717) is 6.42 Å². The SMILES string of the molecule is O=C1c2cc([N+](=O)[O-])ccc2S(O)(O)N1CCCCBr. The third-order valence-electron chi connectivity index (χ3n) is 2.98. The Bertz CT molecular complexity index is 566. The monoisotopic (exact) mass is 364 g/mol. The number of nitrogens with zero attached hydrogens (tertiary/aromatic N) is 2. The molecule has 2 N–H and O–H groups in total. The summed E-state index contributed by atoms with van der Waals surface area (Å²) < 4.78 is 21.3. The zero-order valence-electron chi connectivity index (χ0n) is 10.4. The highest BCUT2D eigenvalue weighted by Crippen LogP contribution is 2.58. The first-order chi connectivity index (χ1) is 9.39. The molecule has 2 rings (SSSR count). The zero-order valence-corrected chi connectivity index (χ0v) is 12.8. The van der Waals surface area contributed by atoms with E-state index in [2.05, 4.69) is 15.9 Å². The number of non-ortho nitro benzene ring substituents is 1. The third-order valence-corrected chi connectivity index (χ3v) is 5.45. The Morgan fingerprint density at radius 3 is 2.65 bits per heavy atom. The summed E-state index contributed by atoms with van der Waals surface area (Å²) in [6.07, 6.45) is 1.40. The molecule has 1 heterocycles. The van der Waals surface area contributed by atoms with E-state index in [4.69, 9.17) is 0 Å². The Kier molecular flexibility index (Phi) is 4.33. The number of fused-ring (bicyclic) bond motifs is 1. The van der Waals surface area contributed by atoms with Crippen molar-refractivity contribution in [3.8, 4) is 0 Å². The second kappa shape index (κ2) is 5.68. The smallest absolute Gasteiger partial charge is 0.274 e. The van der Waals surface area contributed by atoms with Crippen LogP contribution in [0.5, 0.6) is 0 Å². The van der Waals surface area contributed by atoms with E-state index in [1.165, 1.54) is 12.1 Å². The van der Waals surface area contributed by atoms with E-state index in [9.17, 15) is 24.0 Å². The highest BCUT2D eigenvalue weighted by molar-refractivity contribution is 9.09. The van der Waals surface area contributed by atoms with Crippen LogP contribution < -0.4 is 0 Å². The average molecular weight is 365 g/mol. The molecule has 1 aromatic carbocycles. The number of alkyl halides is 1. The molecule has 0 bridgehead atoms. The summed E-state index contributed by atoms with van der Waals surface area (Å²) in [5, 5.41) is 11.5. The number of benzene rings is 1. The van der Waals surface area contributed by atoms with Crippen LogP contribution in [0, 0.1) is 10.1 Å². The van der Waals surface area contributed by atoms with Gasteiger partial charge >= 0.3 is 0 Å². The number of hydrogen-bond acceptors (Lipinski definition) is 5. The molecule has 0 radical (unpaired) electrons. The van der Waals surface area contributed by atoms with Crippen LogP contribution in [0.3, 0.4) is 0 Å². The van der Waals surface area contributed by atoms with Crippen molar-refractivity contribution in [3.05, 3.63) is 33.9 Å². The minimum Gasteiger partial charge on any atom is -0.277 e. The van der Waals surface area contributed by atoms with Gasteiger partial charge in [-0.15, -0.1) is 0 Å². The van der Waals surface area contributed by atoms with Crippen LogP contribution in [0.1, 0.15) is 23.2 Å². The first kappa shape index (κ1) is 15.2. The molecule has 7 nitrogen and oxygen atoms in total. The Labute approximate surface area is 125 Å². The number of halogens is 1. The van der Waals surface area contributed by atoms with Crippen LogP contribution in [-0.4, -0.2) is 36.1 Å². The Morgan fingerprint density at radius 2 is 2.05 bits per heavy atom. The molecule has 0 spiro atoms. The molecule has 20 heavy (non-hydrogen) atoms. The fourth-order valence-corrected chi connectivity index (χ4v) is 4.02. The van der Waals surface area contributed by atoms with Crippen LogP contribution in [0.25, 0.3) is 0 Å². The number of amides is 1. The topological polar surface area (TPSA) is 104 Å². The molecule has 0 fully saturated rings. The predicted molar refractivity (Wildman–Crippen MR) is 78.3 cm³/mol. The van der Waals surface area contributed by atoms with E-state index in [-0.39, 0.29) is 22.7 Å². The number of carbonyl (C=O) groups is 1. The highest BCUT2D eigenvalue weighted by atomic mass is 79.9. The van der Waals surface area contributed by atoms with Gasteiger partial charge in [0.05, 0.1) is 15.4 Å². The van der Waals surface area contributed by atoms with Crippen molar-refractivity contribution < 1.29 is 18.8 Å². The van der Waals surface area contributed by atoms with Crippen molar-refractivity contribution in [1.82, 2.24) is 4.31 Å². The van der Waals surface area contributed by atoms with Crippen molar-refractivity contribution in [2.24, 2.45) is 0 Å². The Hall–Kier alpha value is -1.16. The van der Waals surface area contributed by atoms with Gasteiger partial charge in [-0.05, 0) is 18.9 Å². The summed E-state index contributed by atoms with van der Waals surface area (Å²) in [6.45, 7) is 0.204. The van der Waals surface area contributed by atoms with Gasteiger partial charge in [-0.25, -0.2) is 4.31 Å². The number of hydrogen-bond donors (Lipinski definition) is 2. The Balaban J connectivity index is 2.34. The molecule has 0 aromatic heterocycles. The van der Waals surface area contributed by atoms with Gasteiger partial charge in [0.25, 0.3) is 11.6 Å². The summed E-state index contributed by atoms with van der Waals surface area (Å²) in [7, 11) is -3.37. The van der Waals surface area contributed by atoms with Gasteiger partial charge in [-0.1, -0.05) is 26.7 Å². The molecule has 0 saturated carbocycles. The number of unbranched alkanes of at least 4 members (excludes halogenated alkanes) is 1. The van der Waals surface area contributed by atoms with Crippen LogP contribution in [0.15, 0.2) is 23.1 Å². The molecule has 110 valence electrons. The van der Waals surface area contributed by atoms with Crippen molar-refractivity contribution in [3.63, 3.8) is 0 Å².